The maximum Gasteiger partial charge on any atom is 0.236 e. The van der Waals surface area contributed by atoms with E-state index in [0.717, 1.165) is 16.9 Å². The molecule has 1 spiro atoms. The molecule has 1 aliphatic carbocycles. The van der Waals surface area contributed by atoms with Crippen LogP contribution >= 0.6 is 0 Å². The minimum atomic E-state index is -0.575. The normalized spacial score (nSPS) is 19.7. The maximum atomic E-state index is 13.5. The van der Waals surface area contributed by atoms with Crippen LogP contribution in [0.25, 0.3) is 0 Å². The molecule has 1 atom stereocenters. The minimum Gasteiger partial charge on any atom is -0.489 e. The second kappa shape index (κ2) is 8.23. The smallest absolute Gasteiger partial charge is 0.236 e. The molecule has 2 fully saturated rings. The summed E-state index contributed by atoms with van der Waals surface area (Å²) in [4.78, 5) is 27.0. The van der Waals surface area contributed by atoms with Crippen molar-refractivity contribution in [1.82, 2.24) is 0 Å². The van der Waals surface area contributed by atoms with Crippen molar-refractivity contribution in [3.8, 4) is 5.75 Å². The third-order valence-corrected chi connectivity index (χ3v) is 6.68. The van der Waals surface area contributed by atoms with Crippen LogP contribution in [0.3, 0.4) is 0 Å². The Kier molecular flexibility index (Phi) is 5.25. The van der Waals surface area contributed by atoms with Crippen molar-refractivity contribution in [3.63, 3.8) is 0 Å². The van der Waals surface area contributed by atoms with E-state index < -0.39 is 5.41 Å². The molecule has 4 nitrogen and oxygen atoms in total. The van der Waals surface area contributed by atoms with E-state index in [1.165, 1.54) is 12.1 Å². The highest BCUT2D eigenvalue weighted by Gasteiger charge is 2.61. The van der Waals surface area contributed by atoms with E-state index in [4.69, 9.17) is 4.74 Å². The summed E-state index contributed by atoms with van der Waals surface area (Å²) in [6.07, 6.45) is 1.97. The molecule has 3 aromatic carbocycles. The lowest BCUT2D eigenvalue weighted by Crippen LogP contribution is -2.64. The van der Waals surface area contributed by atoms with Gasteiger partial charge in [-0.05, 0) is 60.4 Å². The fourth-order valence-electron chi connectivity index (χ4n) is 4.94. The second-order valence-electron chi connectivity index (χ2n) is 8.59. The number of carbonyl (C=O) groups is 2. The molecule has 5 heteroatoms. The van der Waals surface area contributed by atoms with Gasteiger partial charge in [-0.1, -0.05) is 42.5 Å². The molecule has 5 rings (SSSR count). The Labute approximate surface area is 186 Å². The highest BCUT2D eigenvalue weighted by atomic mass is 19.1. The van der Waals surface area contributed by atoms with Crippen LogP contribution < -0.4 is 9.64 Å². The lowest BCUT2D eigenvalue weighted by atomic mass is 9.60. The van der Waals surface area contributed by atoms with E-state index in [0.29, 0.717) is 38.0 Å². The molecule has 1 saturated carbocycles. The molecular weight excluding hydrogens is 405 g/mol. The standard InChI is InChI=1S/C27H24FNO3/c28-21-8-10-22(11-9-21)29-25(27(26(29)31)16-14-23(30)15-17-27)20-6-12-24(13-7-20)32-18-19-4-2-1-3-5-19/h1-13,25H,14-18H2/t25-/m0/s1. The van der Waals surface area contributed by atoms with E-state index in [-0.39, 0.29) is 23.5 Å². The minimum absolute atomic E-state index is 0.0195. The molecule has 3 aromatic rings. The van der Waals surface area contributed by atoms with Gasteiger partial charge in [0.1, 0.15) is 24.0 Å². The number of anilines is 1. The molecule has 1 saturated heterocycles. The summed E-state index contributed by atoms with van der Waals surface area (Å²) >= 11 is 0. The monoisotopic (exact) mass is 429 g/mol. The van der Waals surface area contributed by atoms with Gasteiger partial charge in [-0.3, -0.25) is 9.59 Å². The second-order valence-corrected chi connectivity index (χ2v) is 8.59. The number of benzene rings is 3. The topological polar surface area (TPSA) is 46.6 Å². The average Bonchev–Trinajstić information content (AvgIpc) is 2.83. The number of ether oxygens (including phenoxy) is 1. The molecule has 1 heterocycles. The molecule has 0 N–H and O–H groups in total. The first-order valence-electron chi connectivity index (χ1n) is 10.9. The molecule has 1 aliphatic heterocycles. The van der Waals surface area contributed by atoms with E-state index in [9.17, 15) is 14.0 Å². The number of carbonyl (C=O) groups excluding carboxylic acids is 2. The van der Waals surface area contributed by atoms with Crippen molar-refractivity contribution < 1.29 is 18.7 Å². The molecule has 1 amide bonds. The van der Waals surface area contributed by atoms with Gasteiger partial charge in [0.25, 0.3) is 0 Å². The quantitative estimate of drug-likeness (QED) is 0.495. The Balaban J connectivity index is 1.41. The Hall–Kier alpha value is -3.47. The molecule has 32 heavy (non-hydrogen) atoms. The van der Waals surface area contributed by atoms with Crippen LogP contribution in [-0.2, 0) is 16.2 Å². The van der Waals surface area contributed by atoms with Crippen LogP contribution in [0.1, 0.15) is 42.9 Å². The number of hydrogen-bond acceptors (Lipinski definition) is 3. The fourth-order valence-corrected chi connectivity index (χ4v) is 4.94. The molecule has 162 valence electrons. The van der Waals surface area contributed by atoms with Crippen molar-refractivity contribution in [2.45, 2.75) is 38.3 Å². The molecule has 0 unspecified atom stereocenters. The summed E-state index contributed by atoms with van der Waals surface area (Å²) in [5, 5.41) is 0. The van der Waals surface area contributed by atoms with Crippen molar-refractivity contribution in [3.05, 3.63) is 95.8 Å². The predicted molar refractivity (Wildman–Crippen MR) is 120 cm³/mol. The average molecular weight is 429 g/mol. The van der Waals surface area contributed by atoms with Gasteiger partial charge in [0.05, 0.1) is 11.5 Å². The Morgan fingerprint density at radius 1 is 0.875 bits per heavy atom. The zero-order valence-corrected chi connectivity index (χ0v) is 17.7. The number of halogens is 1. The lowest BCUT2D eigenvalue weighted by molar-refractivity contribution is -0.145. The summed E-state index contributed by atoms with van der Waals surface area (Å²) in [5.41, 5.74) is 2.19. The van der Waals surface area contributed by atoms with Crippen LogP contribution in [0.5, 0.6) is 5.75 Å². The van der Waals surface area contributed by atoms with Crippen LogP contribution in [-0.4, -0.2) is 11.7 Å². The van der Waals surface area contributed by atoms with Crippen molar-refractivity contribution in [2.24, 2.45) is 5.41 Å². The van der Waals surface area contributed by atoms with Gasteiger partial charge < -0.3 is 9.64 Å². The zero-order chi connectivity index (χ0) is 22.1. The maximum absolute atomic E-state index is 13.5. The summed E-state index contributed by atoms with van der Waals surface area (Å²) < 4.78 is 19.4. The summed E-state index contributed by atoms with van der Waals surface area (Å²) in [5.74, 6) is 0.652. The first-order chi connectivity index (χ1) is 15.6. The van der Waals surface area contributed by atoms with Gasteiger partial charge in [0.15, 0.2) is 0 Å². The van der Waals surface area contributed by atoms with Gasteiger partial charge >= 0.3 is 0 Å². The number of rotatable bonds is 5. The number of ketones is 1. The Morgan fingerprint density at radius 3 is 2.19 bits per heavy atom. The van der Waals surface area contributed by atoms with Gasteiger partial charge in [0.2, 0.25) is 5.91 Å². The SMILES string of the molecule is O=C1CCC2(CC1)C(=O)N(c1ccc(F)cc1)[C@H]2c1ccc(OCc2ccccc2)cc1. The highest BCUT2D eigenvalue weighted by molar-refractivity contribution is 6.07. The molecule has 0 bridgehead atoms. The third-order valence-electron chi connectivity index (χ3n) is 6.68. The van der Waals surface area contributed by atoms with Crippen LogP contribution in [0.4, 0.5) is 10.1 Å². The van der Waals surface area contributed by atoms with Crippen molar-refractivity contribution in [2.75, 3.05) is 4.90 Å². The van der Waals surface area contributed by atoms with Gasteiger partial charge in [-0.25, -0.2) is 4.39 Å². The van der Waals surface area contributed by atoms with Gasteiger partial charge in [0, 0.05) is 18.5 Å². The molecule has 0 aromatic heterocycles. The zero-order valence-electron chi connectivity index (χ0n) is 17.7. The molecule has 0 radical (unpaired) electrons. The first-order valence-corrected chi connectivity index (χ1v) is 10.9. The van der Waals surface area contributed by atoms with Crippen LogP contribution in [0.2, 0.25) is 0 Å². The predicted octanol–water partition coefficient (Wildman–Crippen LogP) is 5.62. The molecule has 2 aliphatic rings. The summed E-state index contributed by atoms with van der Waals surface area (Å²) in [6.45, 7) is 0.482. The number of Topliss-reactive ketones (excluding diaryl/α,β-unsaturated/α-hetero) is 1. The van der Waals surface area contributed by atoms with Crippen molar-refractivity contribution >= 4 is 17.4 Å². The molecular formula is C27H24FNO3. The number of β-lactam (4-membered cyclic amide) rings is 1. The summed E-state index contributed by atoms with van der Waals surface area (Å²) in [6, 6.07) is 23.6. The highest BCUT2D eigenvalue weighted by Crippen LogP contribution is 2.58. The van der Waals surface area contributed by atoms with Gasteiger partial charge in [-0.15, -0.1) is 0 Å². The fraction of sp³-hybridized carbons (Fsp3) is 0.259. The van der Waals surface area contributed by atoms with Crippen molar-refractivity contribution in [1.29, 1.82) is 0 Å². The van der Waals surface area contributed by atoms with E-state index in [1.807, 2.05) is 54.6 Å². The van der Waals surface area contributed by atoms with E-state index in [2.05, 4.69) is 0 Å². The lowest BCUT2D eigenvalue weighted by Gasteiger charge is -2.57. The third kappa shape index (κ3) is 3.58. The van der Waals surface area contributed by atoms with E-state index in [1.54, 1.807) is 17.0 Å². The van der Waals surface area contributed by atoms with Gasteiger partial charge in [-0.2, -0.15) is 0 Å². The Morgan fingerprint density at radius 2 is 1.53 bits per heavy atom. The first kappa shape index (κ1) is 20.4. The van der Waals surface area contributed by atoms with E-state index >= 15 is 0 Å². The Bertz CT molecular complexity index is 1120. The van der Waals surface area contributed by atoms with Crippen LogP contribution in [0, 0.1) is 11.2 Å². The van der Waals surface area contributed by atoms with Crippen LogP contribution in [0.15, 0.2) is 78.9 Å². The number of hydrogen-bond donors (Lipinski definition) is 0. The number of nitrogens with zero attached hydrogens (tertiary/aromatic N) is 1. The number of amides is 1. The summed E-state index contributed by atoms with van der Waals surface area (Å²) in [7, 11) is 0. The largest absolute Gasteiger partial charge is 0.489 e.